The summed E-state index contributed by atoms with van der Waals surface area (Å²) in [7, 11) is 1.47. The second-order valence-electron chi connectivity index (χ2n) is 4.69. The third kappa shape index (κ3) is 4.67. The zero-order valence-electron chi connectivity index (χ0n) is 11.7. The zero-order valence-corrected chi connectivity index (χ0v) is 14.0. The van der Waals surface area contributed by atoms with Crippen LogP contribution in [0.4, 0.5) is 13.2 Å². The Balaban J connectivity index is 2.23. The first-order valence-corrected chi connectivity index (χ1v) is 7.86. The van der Waals surface area contributed by atoms with Crippen LogP contribution >= 0.6 is 35.1 Å². The predicted molar refractivity (Wildman–Crippen MR) is 85.9 cm³/mol. The Bertz CT molecular complexity index is 721. The molecule has 0 fully saturated rings. The number of rotatable bonds is 4. The summed E-state index contributed by atoms with van der Waals surface area (Å²) in [5.41, 5.74) is -0.383. The molecule has 0 aliphatic carbocycles. The van der Waals surface area contributed by atoms with Crippen molar-refractivity contribution in [1.82, 2.24) is 9.29 Å². The molecule has 124 valence electrons. The molecule has 1 aromatic carbocycles. The lowest BCUT2D eigenvalue weighted by molar-refractivity contribution is -0.152. The summed E-state index contributed by atoms with van der Waals surface area (Å²) in [6.07, 6.45) is -3.09. The zero-order chi connectivity index (χ0) is 17.2. The number of aryl methyl sites for hydroxylation is 1. The van der Waals surface area contributed by atoms with Gasteiger partial charge in [-0.05, 0) is 35.7 Å². The van der Waals surface area contributed by atoms with Crippen molar-refractivity contribution < 1.29 is 13.2 Å². The first-order valence-electron chi connectivity index (χ1n) is 6.29. The number of pyridine rings is 1. The Kier molecular flexibility index (Phi) is 5.67. The molecule has 1 N–H and O–H groups in total. The molecule has 2 aromatic rings. The summed E-state index contributed by atoms with van der Waals surface area (Å²) in [6.45, 7) is 0. The second kappa shape index (κ2) is 7.17. The molecule has 0 aliphatic rings. The topological polar surface area (TPSA) is 34.0 Å². The highest BCUT2D eigenvalue weighted by Gasteiger charge is 2.40. The first-order chi connectivity index (χ1) is 10.7. The van der Waals surface area contributed by atoms with E-state index in [-0.39, 0.29) is 10.6 Å². The molecular weight excluding hydrogens is 372 g/mol. The van der Waals surface area contributed by atoms with Gasteiger partial charge in [-0.2, -0.15) is 13.2 Å². The minimum Gasteiger partial charge on any atom is -0.316 e. The van der Waals surface area contributed by atoms with Crippen LogP contribution < -0.4 is 10.3 Å². The number of aromatic nitrogens is 1. The van der Waals surface area contributed by atoms with E-state index < -0.39 is 17.8 Å². The Morgan fingerprint density at radius 2 is 1.83 bits per heavy atom. The van der Waals surface area contributed by atoms with E-state index in [2.05, 4.69) is 4.72 Å². The van der Waals surface area contributed by atoms with E-state index in [1.165, 1.54) is 48.1 Å². The molecule has 3 nitrogen and oxygen atoms in total. The maximum Gasteiger partial charge on any atom is 0.408 e. The van der Waals surface area contributed by atoms with E-state index in [0.29, 0.717) is 9.92 Å². The summed E-state index contributed by atoms with van der Waals surface area (Å²) in [5, 5.41) is 0.293. The van der Waals surface area contributed by atoms with Gasteiger partial charge in [-0.1, -0.05) is 35.3 Å². The number of hydrogen-bond donors (Lipinski definition) is 1. The normalized spacial score (nSPS) is 13.1. The van der Waals surface area contributed by atoms with Gasteiger partial charge in [0, 0.05) is 23.2 Å². The Hall–Kier alpha value is -1.15. The third-order valence-electron chi connectivity index (χ3n) is 2.94. The Labute approximate surface area is 144 Å². The van der Waals surface area contributed by atoms with Gasteiger partial charge in [0.2, 0.25) is 0 Å². The molecule has 0 spiro atoms. The molecule has 23 heavy (non-hydrogen) atoms. The summed E-state index contributed by atoms with van der Waals surface area (Å²) in [6, 6.07) is 4.83. The maximum atomic E-state index is 13.2. The van der Waals surface area contributed by atoms with Gasteiger partial charge in [0.05, 0.1) is 0 Å². The summed E-state index contributed by atoms with van der Waals surface area (Å²) >= 11 is 12.2. The monoisotopic (exact) mass is 382 g/mol. The largest absolute Gasteiger partial charge is 0.408 e. The number of alkyl halides is 3. The number of nitrogens with zero attached hydrogens (tertiary/aromatic N) is 1. The highest BCUT2D eigenvalue weighted by Crippen LogP contribution is 2.35. The van der Waals surface area contributed by atoms with E-state index in [9.17, 15) is 18.0 Å². The van der Waals surface area contributed by atoms with Gasteiger partial charge in [-0.25, -0.2) is 4.72 Å². The quantitative estimate of drug-likeness (QED) is 0.785. The van der Waals surface area contributed by atoms with Gasteiger partial charge < -0.3 is 4.57 Å². The molecule has 1 unspecified atom stereocenters. The number of nitrogens with one attached hydrogen (secondary N) is 1. The van der Waals surface area contributed by atoms with Crippen LogP contribution in [0.15, 0.2) is 46.2 Å². The smallest absolute Gasteiger partial charge is 0.316 e. The van der Waals surface area contributed by atoms with Crippen molar-refractivity contribution >= 4 is 35.1 Å². The molecular formula is C14H11Cl2F3N2OS. The number of halogens is 5. The average Bonchev–Trinajstić information content (AvgIpc) is 2.45. The Morgan fingerprint density at radius 3 is 2.35 bits per heavy atom. The van der Waals surface area contributed by atoms with Crippen LogP contribution in [0.5, 0.6) is 0 Å². The van der Waals surface area contributed by atoms with Crippen molar-refractivity contribution in [3.63, 3.8) is 0 Å². The van der Waals surface area contributed by atoms with Crippen molar-refractivity contribution in [1.29, 1.82) is 0 Å². The van der Waals surface area contributed by atoms with Gasteiger partial charge in [-0.3, -0.25) is 4.79 Å². The molecule has 0 aliphatic heterocycles. The molecule has 1 heterocycles. The van der Waals surface area contributed by atoms with Crippen LogP contribution in [0.1, 0.15) is 11.6 Å². The van der Waals surface area contributed by atoms with Crippen LogP contribution in [-0.4, -0.2) is 10.7 Å². The van der Waals surface area contributed by atoms with Crippen LogP contribution in [0.25, 0.3) is 0 Å². The fourth-order valence-electron chi connectivity index (χ4n) is 1.80. The lowest BCUT2D eigenvalue weighted by atomic mass is 10.1. The van der Waals surface area contributed by atoms with Gasteiger partial charge in [0.1, 0.15) is 11.1 Å². The summed E-state index contributed by atoms with van der Waals surface area (Å²) in [4.78, 5) is 11.9. The maximum absolute atomic E-state index is 13.2. The fraction of sp³-hybridized carbons (Fsp3) is 0.214. The van der Waals surface area contributed by atoms with E-state index >= 15 is 0 Å². The van der Waals surface area contributed by atoms with Crippen LogP contribution in [-0.2, 0) is 7.05 Å². The van der Waals surface area contributed by atoms with Crippen molar-refractivity contribution in [2.75, 3.05) is 0 Å². The molecule has 0 amide bonds. The van der Waals surface area contributed by atoms with Crippen molar-refractivity contribution in [3.8, 4) is 0 Å². The van der Waals surface area contributed by atoms with Gasteiger partial charge >= 0.3 is 6.18 Å². The molecule has 0 saturated carbocycles. The van der Waals surface area contributed by atoms with E-state index in [4.69, 9.17) is 23.2 Å². The summed E-state index contributed by atoms with van der Waals surface area (Å²) in [5.74, 6) is 0. The molecule has 0 radical (unpaired) electrons. The second-order valence-corrected chi connectivity index (χ2v) is 6.44. The van der Waals surface area contributed by atoms with E-state index in [1.807, 2.05) is 0 Å². The van der Waals surface area contributed by atoms with Crippen molar-refractivity contribution in [2.24, 2.45) is 7.05 Å². The van der Waals surface area contributed by atoms with Crippen LogP contribution in [0.3, 0.4) is 0 Å². The van der Waals surface area contributed by atoms with Crippen LogP contribution in [0, 0.1) is 0 Å². The minimum absolute atomic E-state index is 0.0327. The molecule has 0 bridgehead atoms. The van der Waals surface area contributed by atoms with Crippen molar-refractivity contribution in [2.45, 2.75) is 17.1 Å². The highest BCUT2D eigenvalue weighted by molar-refractivity contribution is 7.97. The number of hydrogen-bond acceptors (Lipinski definition) is 3. The molecule has 1 atom stereocenters. The number of benzene rings is 1. The standard InChI is InChI=1S/C14H11Cl2F3N2OS/c1-21-7-10(6-11(16)13(21)22)23-20-12(14(17,18)19)8-2-4-9(15)5-3-8/h2-7,12,20H,1H3. The minimum atomic E-state index is -4.49. The van der Waals surface area contributed by atoms with Gasteiger partial charge in [-0.15, -0.1) is 0 Å². The van der Waals surface area contributed by atoms with Crippen molar-refractivity contribution in [3.05, 3.63) is 62.5 Å². The molecule has 0 saturated heterocycles. The average molecular weight is 383 g/mol. The fourth-order valence-corrected chi connectivity index (χ4v) is 3.16. The molecule has 1 aromatic heterocycles. The van der Waals surface area contributed by atoms with Gasteiger partial charge in [0.15, 0.2) is 0 Å². The lowest BCUT2D eigenvalue weighted by Crippen LogP contribution is -2.30. The third-order valence-corrected chi connectivity index (χ3v) is 4.28. The SMILES string of the molecule is Cn1cc(SNC(c2ccc(Cl)cc2)C(F)(F)F)cc(Cl)c1=O. The predicted octanol–water partition coefficient (Wildman–Crippen LogP) is 4.59. The molecule has 9 heteroatoms. The first kappa shape index (κ1) is 18.2. The van der Waals surface area contributed by atoms with Gasteiger partial charge in [0.25, 0.3) is 5.56 Å². The summed E-state index contributed by atoms with van der Waals surface area (Å²) < 4.78 is 43.3. The lowest BCUT2D eigenvalue weighted by Gasteiger charge is -2.21. The van der Waals surface area contributed by atoms with Crippen LogP contribution in [0.2, 0.25) is 10.0 Å². The van der Waals surface area contributed by atoms with E-state index in [0.717, 1.165) is 11.9 Å². The molecule has 2 rings (SSSR count). The highest BCUT2D eigenvalue weighted by atomic mass is 35.5. The Morgan fingerprint density at radius 1 is 1.22 bits per heavy atom. The van der Waals surface area contributed by atoms with E-state index in [1.54, 1.807) is 0 Å².